The molecule has 5 nitrogen and oxygen atoms in total. The molecule has 0 radical (unpaired) electrons. The third-order valence-electron chi connectivity index (χ3n) is 3.41. The van der Waals surface area contributed by atoms with Crippen molar-refractivity contribution in [1.82, 2.24) is 5.32 Å². The van der Waals surface area contributed by atoms with Crippen LogP contribution in [0.25, 0.3) is 0 Å². The summed E-state index contributed by atoms with van der Waals surface area (Å²) >= 11 is 0. The Morgan fingerprint density at radius 1 is 1.19 bits per heavy atom. The number of halogens is 3. The highest BCUT2D eigenvalue weighted by atomic mass is 19.4. The van der Waals surface area contributed by atoms with Crippen molar-refractivity contribution in [3.63, 3.8) is 0 Å². The molecule has 0 fully saturated rings. The van der Waals surface area contributed by atoms with Crippen molar-refractivity contribution in [3.05, 3.63) is 59.7 Å². The highest BCUT2D eigenvalue weighted by Crippen LogP contribution is 2.31. The molecule has 1 atom stereocenters. The molecule has 0 aliphatic rings. The van der Waals surface area contributed by atoms with Crippen LogP contribution in [0.1, 0.15) is 11.1 Å². The van der Waals surface area contributed by atoms with Crippen LogP contribution in [0.5, 0.6) is 5.75 Å². The third kappa shape index (κ3) is 6.29. The molecule has 8 heteroatoms. The molecule has 2 aromatic carbocycles. The smallest absolute Gasteiger partial charge is 0.416 e. The minimum absolute atomic E-state index is 0.0111. The monoisotopic (exact) mass is 368 g/mol. The zero-order chi connectivity index (χ0) is 19.2. The van der Waals surface area contributed by atoms with E-state index in [4.69, 9.17) is 4.74 Å². The summed E-state index contributed by atoms with van der Waals surface area (Å²) in [5, 5.41) is 14.9. The van der Waals surface area contributed by atoms with Crippen LogP contribution < -0.4 is 15.4 Å². The number of alkyl halides is 3. The van der Waals surface area contributed by atoms with E-state index in [0.29, 0.717) is 5.69 Å². The van der Waals surface area contributed by atoms with Crippen LogP contribution in [0.15, 0.2) is 48.5 Å². The summed E-state index contributed by atoms with van der Waals surface area (Å²) in [6.07, 6.45) is -5.54. The Morgan fingerprint density at radius 2 is 1.88 bits per heavy atom. The first kappa shape index (κ1) is 19.6. The fourth-order valence-corrected chi connectivity index (χ4v) is 2.04. The van der Waals surface area contributed by atoms with Crippen molar-refractivity contribution in [3.8, 4) is 5.75 Å². The van der Waals surface area contributed by atoms with Gasteiger partial charge in [0.1, 0.15) is 18.5 Å². The topological polar surface area (TPSA) is 70.6 Å². The highest BCUT2D eigenvalue weighted by Gasteiger charge is 2.30. The molecule has 0 saturated heterocycles. The number of amides is 2. The minimum atomic E-state index is -4.46. The predicted octanol–water partition coefficient (Wildman–Crippen LogP) is 3.58. The first-order chi connectivity index (χ1) is 12.2. The second kappa shape index (κ2) is 8.57. The van der Waals surface area contributed by atoms with Crippen molar-refractivity contribution in [2.75, 3.05) is 18.5 Å². The van der Waals surface area contributed by atoms with E-state index in [2.05, 4.69) is 10.6 Å². The van der Waals surface area contributed by atoms with Crippen LogP contribution in [0, 0.1) is 6.92 Å². The van der Waals surface area contributed by atoms with Crippen molar-refractivity contribution in [2.45, 2.75) is 19.2 Å². The van der Waals surface area contributed by atoms with Gasteiger partial charge >= 0.3 is 12.2 Å². The van der Waals surface area contributed by atoms with E-state index in [1.165, 1.54) is 12.1 Å². The van der Waals surface area contributed by atoms with Gasteiger partial charge in [-0.05, 0) is 37.3 Å². The number of rotatable bonds is 6. The Bertz CT molecular complexity index is 733. The molecule has 3 N–H and O–H groups in total. The Morgan fingerprint density at radius 3 is 2.54 bits per heavy atom. The molecule has 2 amide bonds. The van der Waals surface area contributed by atoms with Crippen LogP contribution in [0.4, 0.5) is 23.7 Å². The van der Waals surface area contributed by atoms with E-state index >= 15 is 0 Å². The predicted molar refractivity (Wildman–Crippen MR) is 91.1 cm³/mol. The summed E-state index contributed by atoms with van der Waals surface area (Å²) in [6, 6.07) is 11.0. The Labute approximate surface area is 148 Å². The lowest BCUT2D eigenvalue weighted by molar-refractivity contribution is -0.137. The number of carbonyl (C=O) groups excluding carboxylic acids is 1. The molecule has 0 spiro atoms. The lowest BCUT2D eigenvalue weighted by Crippen LogP contribution is -2.37. The van der Waals surface area contributed by atoms with Crippen molar-refractivity contribution >= 4 is 11.7 Å². The molecular formula is C18H19F3N2O3. The number of hydrogen-bond acceptors (Lipinski definition) is 3. The number of nitrogens with one attached hydrogen (secondary N) is 2. The standard InChI is InChI=1S/C18H19F3N2O3/c1-12-5-7-14(8-6-12)23-17(25)22-10-15(24)11-26-16-4-2-3-13(9-16)18(19,20)21/h2-9,15,24H,10-11H2,1H3,(H2,22,23,25). The first-order valence-corrected chi connectivity index (χ1v) is 7.83. The van der Waals surface area contributed by atoms with Crippen molar-refractivity contribution in [1.29, 1.82) is 0 Å². The molecular weight excluding hydrogens is 349 g/mol. The number of aryl methyl sites for hydroxylation is 1. The first-order valence-electron chi connectivity index (χ1n) is 7.83. The fourth-order valence-electron chi connectivity index (χ4n) is 2.04. The molecule has 0 aromatic heterocycles. The number of urea groups is 1. The van der Waals surface area contributed by atoms with E-state index in [0.717, 1.165) is 17.7 Å². The maximum absolute atomic E-state index is 12.6. The van der Waals surface area contributed by atoms with Crippen LogP contribution in [0.3, 0.4) is 0 Å². The molecule has 140 valence electrons. The van der Waals surface area contributed by atoms with E-state index < -0.39 is 23.9 Å². The number of aliphatic hydroxyl groups excluding tert-OH is 1. The average molecular weight is 368 g/mol. The van der Waals surface area contributed by atoms with Crippen molar-refractivity contribution in [2.24, 2.45) is 0 Å². The van der Waals surface area contributed by atoms with Crippen molar-refractivity contribution < 1.29 is 27.8 Å². The number of benzene rings is 2. The second-order valence-electron chi connectivity index (χ2n) is 5.69. The zero-order valence-electron chi connectivity index (χ0n) is 14.0. The quantitative estimate of drug-likeness (QED) is 0.730. The van der Waals surface area contributed by atoms with Gasteiger partial charge in [0.2, 0.25) is 0 Å². The van der Waals surface area contributed by atoms with Crippen LogP contribution in [-0.2, 0) is 6.18 Å². The number of carbonyl (C=O) groups is 1. The summed E-state index contributed by atoms with van der Waals surface area (Å²) in [5.41, 5.74) is 0.820. The highest BCUT2D eigenvalue weighted by molar-refractivity contribution is 5.89. The maximum Gasteiger partial charge on any atom is 0.416 e. The summed E-state index contributed by atoms with van der Waals surface area (Å²) in [6.45, 7) is 1.55. The molecule has 26 heavy (non-hydrogen) atoms. The molecule has 0 bridgehead atoms. The average Bonchev–Trinajstić information content (AvgIpc) is 2.60. The molecule has 0 heterocycles. The Kier molecular flexibility index (Phi) is 6.46. The SMILES string of the molecule is Cc1ccc(NC(=O)NCC(O)COc2cccc(C(F)(F)F)c2)cc1. The van der Waals surface area contributed by atoms with Crippen LogP contribution >= 0.6 is 0 Å². The molecule has 2 aromatic rings. The Balaban J connectivity index is 1.76. The lowest BCUT2D eigenvalue weighted by Gasteiger charge is -2.15. The summed E-state index contributed by atoms with van der Waals surface area (Å²) in [7, 11) is 0. The number of hydrogen-bond donors (Lipinski definition) is 3. The van der Waals surface area contributed by atoms with E-state index in [9.17, 15) is 23.1 Å². The molecule has 0 saturated carbocycles. The van der Waals surface area contributed by atoms with Gasteiger partial charge in [0.15, 0.2) is 0 Å². The third-order valence-corrected chi connectivity index (χ3v) is 3.41. The minimum Gasteiger partial charge on any atom is -0.491 e. The van der Waals surface area contributed by atoms with Gasteiger partial charge in [-0.3, -0.25) is 0 Å². The van der Waals surface area contributed by atoms with E-state index in [1.54, 1.807) is 12.1 Å². The Hall–Kier alpha value is -2.74. The number of aliphatic hydroxyl groups is 1. The number of anilines is 1. The van der Waals surface area contributed by atoms with Gasteiger partial charge in [-0.1, -0.05) is 23.8 Å². The fraction of sp³-hybridized carbons (Fsp3) is 0.278. The van der Waals surface area contributed by atoms with Gasteiger partial charge in [0.25, 0.3) is 0 Å². The van der Waals surface area contributed by atoms with Gasteiger partial charge in [-0.2, -0.15) is 13.2 Å². The van der Waals surface area contributed by atoms with Gasteiger partial charge in [0, 0.05) is 12.2 Å². The van der Waals surface area contributed by atoms with Crippen LogP contribution in [-0.4, -0.2) is 30.4 Å². The van der Waals surface area contributed by atoms with Gasteiger partial charge in [-0.25, -0.2) is 4.79 Å². The molecule has 1 unspecified atom stereocenters. The van der Waals surface area contributed by atoms with Gasteiger partial charge in [0.05, 0.1) is 5.56 Å². The number of ether oxygens (including phenoxy) is 1. The normalized spacial score (nSPS) is 12.3. The van der Waals surface area contributed by atoms with Gasteiger partial charge in [-0.15, -0.1) is 0 Å². The summed E-state index contributed by atoms with van der Waals surface area (Å²) in [5.74, 6) is -0.0111. The molecule has 0 aliphatic heterocycles. The summed E-state index contributed by atoms with van der Waals surface area (Å²) in [4.78, 5) is 11.7. The molecule has 0 aliphatic carbocycles. The maximum atomic E-state index is 12.6. The molecule has 2 rings (SSSR count). The summed E-state index contributed by atoms with van der Waals surface area (Å²) < 4.78 is 43.0. The largest absolute Gasteiger partial charge is 0.491 e. The zero-order valence-corrected chi connectivity index (χ0v) is 14.0. The second-order valence-corrected chi connectivity index (χ2v) is 5.69. The van der Waals surface area contributed by atoms with E-state index in [-0.39, 0.29) is 18.9 Å². The van der Waals surface area contributed by atoms with Gasteiger partial charge < -0.3 is 20.5 Å². The van der Waals surface area contributed by atoms with E-state index in [1.807, 2.05) is 19.1 Å². The van der Waals surface area contributed by atoms with Crippen LogP contribution in [0.2, 0.25) is 0 Å². The lowest BCUT2D eigenvalue weighted by atomic mass is 10.2.